The minimum atomic E-state index is -0.900. The van der Waals surface area contributed by atoms with Crippen molar-refractivity contribution in [3.05, 3.63) is 162 Å². The number of benzene rings is 4. The number of aromatic nitrogens is 2. The Bertz CT molecular complexity index is 1730. The molecule has 2 atom stereocenters. The molecule has 48 heavy (non-hydrogen) atoms. The molecule has 0 saturated carbocycles. The van der Waals surface area contributed by atoms with E-state index in [9.17, 15) is 14.4 Å². The van der Waals surface area contributed by atoms with Gasteiger partial charge in [-0.3, -0.25) is 9.59 Å². The number of nitrogens with zero attached hydrogens (tertiary/aromatic N) is 3. The number of amides is 2. The second-order valence-electron chi connectivity index (χ2n) is 12.4. The lowest BCUT2D eigenvalue weighted by Crippen LogP contribution is -2.45. The van der Waals surface area contributed by atoms with E-state index in [1.807, 2.05) is 105 Å². The Morgan fingerprint density at radius 1 is 0.833 bits per heavy atom. The van der Waals surface area contributed by atoms with Gasteiger partial charge in [-0.2, -0.15) is 0 Å². The lowest BCUT2D eigenvalue weighted by atomic mass is 9.77. The second-order valence-corrected chi connectivity index (χ2v) is 12.4. The molecule has 244 valence electrons. The van der Waals surface area contributed by atoms with Crippen molar-refractivity contribution in [1.82, 2.24) is 14.5 Å². The molecule has 1 aromatic heterocycles. The van der Waals surface area contributed by atoms with E-state index in [4.69, 9.17) is 14.5 Å². The highest BCUT2D eigenvalue weighted by atomic mass is 16.6. The quantitative estimate of drug-likeness (QED) is 0.107. The van der Waals surface area contributed by atoms with Gasteiger partial charge in [0.15, 0.2) is 0 Å². The molecule has 2 amide bonds. The van der Waals surface area contributed by atoms with Crippen molar-refractivity contribution in [3.63, 3.8) is 0 Å². The molecule has 0 aliphatic carbocycles. The Morgan fingerprint density at radius 2 is 1.35 bits per heavy atom. The third-order valence-electron chi connectivity index (χ3n) is 8.97. The standard InChI is InChI=1S/C40H39N3O5/c1-29(2)36-27-48-39(46)43(36)38(45)31(24-37(44)47-26-30-15-7-3-8-16-30)23-35-25-42(28-41-35)40(32-17-9-4-10-18-32,33-19-11-5-12-20-33)34-21-13-6-14-22-34/h3-22,25,28-29,31,36H,23-24,26-27H2,1-2H3. The molecule has 2 unspecified atom stereocenters. The maximum Gasteiger partial charge on any atom is 0.416 e. The Morgan fingerprint density at radius 3 is 1.88 bits per heavy atom. The minimum Gasteiger partial charge on any atom is -0.461 e. The normalized spacial score (nSPS) is 15.3. The predicted octanol–water partition coefficient (Wildman–Crippen LogP) is 7.02. The molecule has 4 aromatic carbocycles. The maximum atomic E-state index is 14.1. The summed E-state index contributed by atoms with van der Waals surface area (Å²) >= 11 is 0. The van der Waals surface area contributed by atoms with E-state index in [0.717, 1.165) is 22.3 Å². The summed E-state index contributed by atoms with van der Waals surface area (Å²) in [5.74, 6) is -1.92. The highest BCUT2D eigenvalue weighted by Gasteiger charge is 2.43. The topological polar surface area (TPSA) is 90.7 Å². The average molecular weight is 642 g/mol. The van der Waals surface area contributed by atoms with Crippen LogP contribution in [0, 0.1) is 11.8 Å². The van der Waals surface area contributed by atoms with Crippen LogP contribution in [0.15, 0.2) is 134 Å². The van der Waals surface area contributed by atoms with Crippen molar-refractivity contribution in [1.29, 1.82) is 0 Å². The SMILES string of the molecule is CC(C)C1COC(=O)N1C(=O)C(CC(=O)OCc1ccccc1)Cc1cn(C(c2ccccc2)(c2ccccc2)c2ccccc2)cn1. The number of hydrogen-bond acceptors (Lipinski definition) is 6. The van der Waals surface area contributed by atoms with Gasteiger partial charge in [0.2, 0.25) is 5.91 Å². The lowest BCUT2D eigenvalue weighted by Gasteiger charge is -2.37. The summed E-state index contributed by atoms with van der Waals surface area (Å²) in [5.41, 5.74) is 3.75. The Kier molecular flexibility index (Phi) is 9.80. The lowest BCUT2D eigenvalue weighted by molar-refractivity contribution is -0.149. The first kappa shape index (κ1) is 32.4. The molecule has 2 heterocycles. The van der Waals surface area contributed by atoms with Crippen molar-refractivity contribution in [2.45, 2.75) is 44.9 Å². The second kappa shape index (κ2) is 14.5. The van der Waals surface area contributed by atoms with Gasteiger partial charge < -0.3 is 14.0 Å². The highest BCUT2D eigenvalue weighted by Crippen LogP contribution is 2.41. The van der Waals surface area contributed by atoms with Crippen molar-refractivity contribution in [2.24, 2.45) is 11.8 Å². The molecule has 0 spiro atoms. The van der Waals surface area contributed by atoms with Crippen molar-refractivity contribution in [3.8, 4) is 0 Å². The fraction of sp³-hybridized carbons (Fsp3) is 0.250. The number of imide groups is 1. The van der Waals surface area contributed by atoms with Crippen LogP contribution in [0.4, 0.5) is 4.79 Å². The van der Waals surface area contributed by atoms with Crippen LogP contribution >= 0.6 is 0 Å². The van der Waals surface area contributed by atoms with Gasteiger partial charge in [-0.25, -0.2) is 14.7 Å². The fourth-order valence-corrected chi connectivity index (χ4v) is 6.51. The zero-order valence-corrected chi connectivity index (χ0v) is 27.1. The van der Waals surface area contributed by atoms with Gasteiger partial charge in [0.05, 0.1) is 30.4 Å². The van der Waals surface area contributed by atoms with Crippen LogP contribution in [0.2, 0.25) is 0 Å². The monoisotopic (exact) mass is 641 g/mol. The third kappa shape index (κ3) is 6.65. The van der Waals surface area contributed by atoms with E-state index < -0.39 is 35.5 Å². The van der Waals surface area contributed by atoms with Gasteiger partial charge in [-0.05, 0) is 28.2 Å². The van der Waals surface area contributed by atoms with E-state index >= 15 is 0 Å². The summed E-state index contributed by atoms with van der Waals surface area (Å²) in [5, 5.41) is 0. The zero-order valence-electron chi connectivity index (χ0n) is 27.1. The van der Waals surface area contributed by atoms with Crippen LogP contribution < -0.4 is 0 Å². The molecule has 1 fully saturated rings. The van der Waals surface area contributed by atoms with E-state index in [1.165, 1.54) is 4.90 Å². The van der Waals surface area contributed by atoms with Crippen LogP contribution in [0.3, 0.4) is 0 Å². The maximum absolute atomic E-state index is 14.1. The van der Waals surface area contributed by atoms with Crippen LogP contribution in [0.1, 0.15) is 48.2 Å². The number of carbonyl (C=O) groups excluding carboxylic acids is 3. The van der Waals surface area contributed by atoms with Gasteiger partial charge in [0, 0.05) is 12.6 Å². The first-order chi connectivity index (χ1) is 23.4. The number of hydrogen-bond donors (Lipinski definition) is 0. The summed E-state index contributed by atoms with van der Waals surface area (Å²) in [6, 6.07) is 39.6. The number of carbonyl (C=O) groups is 3. The minimum absolute atomic E-state index is 0.0199. The molecule has 6 rings (SSSR count). The predicted molar refractivity (Wildman–Crippen MR) is 182 cm³/mol. The average Bonchev–Trinajstić information content (AvgIpc) is 3.76. The number of esters is 1. The fourth-order valence-electron chi connectivity index (χ4n) is 6.51. The molecular weight excluding hydrogens is 602 g/mol. The van der Waals surface area contributed by atoms with E-state index in [2.05, 4.69) is 41.0 Å². The first-order valence-electron chi connectivity index (χ1n) is 16.3. The summed E-state index contributed by atoms with van der Waals surface area (Å²) in [7, 11) is 0. The summed E-state index contributed by atoms with van der Waals surface area (Å²) in [4.78, 5) is 46.2. The molecule has 0 bridgehead atoms. The number of cyclic esters (lactones) is 1. The summed E-state index contributed by atoms with van der Waals surface area (Å²) < 4.78 is 13.0. The molecule has 8 heteroatoms. The Labute approximate surface area is 281 Å². The number of imidazole rings is 1. The molecule has 8 nitrogen and oxygen atoms in total. The van der Waals surface area contributed by atoms with Gasteiger partial charge in [0.25, 0.3) is 0 Å². The molecule has 5 aromatic rings. The van der Waals surface area contributed by atoms with Crippen LogP contribution in [-0.2, 0) is 37.6 Å². The Balaban J connectivity index is 1.37. The van der Waals surface area contributed by atoms with Gasteiger partial charge in [-0.15, -0.1) is 0 Å². The smallest absolute Gasteiger partial charge is 0.416 e. The zero-order chi connectivity index (χ0) is 33.5. The Hall–Kier alpha value is -5.50. The summed E-state index contributed by atoms with van der Waals surface area (Å²) in [6.45, 7) is 4.08. The molecule has 0 N–H and O–H groups in total. The number of ether oxygens (including phenoxy) is 2. The van der Waals surface area contributed by atoms with Crippen LogP contribution in [0.25, 0.3) is 0 Å². The van der Waals surface area contributed by atoms with Crippen molar-refractivity contribution in [2.75, 3.05) is 6.61 Å². The van der Waals surface area contributed by atoms with Crippen molar-refractivity contribution < 1.29 is 23.9 Å². The first-order valence-corrected chi connectivity index (χ1v) is 16.3. The van der Waals surface area contributed by atoms with Gasteiger partial charge in [0.1, 0.15) is 18.8 Å². The highest BCUT2D eigenvalue weighted by molar-refractivity contribution is 5.96. The van der Waals surface area contributed by atoms with E-state index in [1.54, 1.807) is 6.33 Å². The third-order valence-corrected chi connectivity index (χ3v) is 8.97. The molecule has 1 aliphatic rings. The van der Waals surface area contributed by atoms with Crippen LogP contribution in [0.5, 0.6) is 0 Å². The molecular formula is C40H39N3O5. The molecule has 0 radical (unpaired) electrons. The van der Waals surface area contributed by atoms with Gasteiger partial charge in [-0.1, -0.05) is 135 Å². The summed E-state index contributed by atoms with van der Waals surface area (Å²) in [6.07, 6.45) is 2.93. The van der Waals surface area contributed by atoms with Crippen LogP contribution in [-0.4, -0.2) is 45.1 Å². The molecule has 1 aliphatic heterocycles. The van der Waals surface area contributed by atoms with Crippen molar-refractivity contribution >= 4 is 18.0 Å². The molecule has 1 saturated heterocycles. The van der Waals surface area contributed by atoms with E-state index in [-0.39, 0.29) is 32.0 Å². The van der Waals surface area contributed by atoms with E-state index in [0.29, 0.717) is 5.69 Å². The number of rotatable bonds is 12. The largest absolute Gasteiger partial charge is 0.461 e. The van der Waals surface area contributed by atoms with Gasteiger partial charge >= 0.3 is 12.1 Å².